The van der Waals surface area contributed by atoms with Crippen molar-refractivity contribution in [1.82, 2.24) is 15.4 Å². The zero-order valence-electron chi connectivity index (χ0n) is 15.6. The maximum absolute atomic E-state index is 12.5. The lowest BCUT2D eigenvalue weighted by molar-refractivity contribution is -0.113. The second-order valence-corrected chi connectivity index (χ2v) is 6.43. The highest BCUT2D eigenvalue weighted by Gasteiger charge is 2.24. The predicted molar refractivity (Wildman–Crippen MR) is 105 cm³/mol. The summed E-state index contributed by atoms with van der Waals surface area (Å²) in [5.74, 6) is 0.00382. The van der Waals surface area contributed by atoms with E-state index in [9.17, 15) is 4.79 Å². The first-order valence-electron chi connectivity index (χ1n) is 8.75. The number of hydrogen-bond donors (Lipinski definition) is 2. The summed E-state index contributed by atoms with van der Waals surface area (Å²) < 4.78 is 0. The number of benzene rings is 1. The number of hydrogen-bond acceptors (Lipinski definition) is 5. The maximum atomic E-state index is 12.5. The highest BCUT2D eigenvalue weighted by Crippen LogP contribution is 2.29. The van der Waals surface area contributed by atoms with E-state index < -0.39 is 0 Å². The van der Waals surface area contributed by atoms with E-state index in [-0.39, 0.29) is 5.78 Å². The SMILES string of the molecule is CCN1C=C(Nc2cnccc2C)C(C(C)=O)=C(c2ccc(C)cc2)N1. The third kappa shape index (κ3) is 3.61. The monoisotopic (exact) mass is 348 g/mol. The van der Waals surface area contributed by atoms with Gasteiger partial charge in [0.25, 0.3) is 0 Å². The van der Waals surface area contributed by atoms with Crippen LogP contribution in [-0.4, -0.2) is 22.3 Å². The van der Waals surface area contributed by atoms with E-state index in [4.69, 9.17) is 0 Å². The van der Waals surface area contributed by atoms with E-state index in [1.54, 1.807) is 19.3 Å². The summed E-state index contributed by atoms with van der Waals surface area (Å²) in [5.41, 5.74) is 9.70. The van der Waals surface area contributed by atoms with Crippen molar-refractivity contribution in [2.75, 3.05) is 11.9 Å². The number of anilines is 1. The lowest BCUT2D eigenvalue weighted by Crippen LogP contribution is -2.38. The van der Waals surface area contributed by atoms with Crippen molar-refractivity contribution in [3.8, 4) is 0 Å². The minimum absolute atomic E-state index is 0.00382. The fourth-order valence-electron chi connectivity index (χ4n) is 2.89. The zero-order valence-corrected chi connectivity index (χ0v) is 15.6. The first kappa shape index (κ1) is 17.7. The minimum atomic E-state index is 0.00382. The molecule has 0 saturated heterocycles. The highest BCUT2D eigenvalue weighted by molar-refractivity contribution is 6.06. The molecule has 1 aromatic carbocycles. The van der Waals surface area contributed by atoms with Gasteiger partial charge in [-0.2, -0.15) is 0 Å². The summed E-state index contributed by atoms with van der Waals surface area (Å²) in [5, 5.41) is 5.36. The molecule has 0 bridgehead atoms. The zero-order chi connectivity index (χ0) is 18.7. The molecule has 0 atom stereocenters. The van der Waals surface area contributed by atoms with Crippen LogP contribution < -0.4 is 10.7 Å². The summed E-state index contributed by atoms with van der Waals surface area (Å²) in [6, 6.07) is 10.1. The number of carbonyl (C=O) groups excluding carboxylic acids is 1. The Balaban J connectivity index is 2.10. The molecular weight excluding hydrogens is 324 g/mol. The normalized spacial score (nSPS) is 14.0. The highest BCUT2D eigenvalue weighted by atomic mass is 16.1. The largest absolute Gasteiger partial charge is 0.352 e. The van der Waals surface area contributed by atoms with Gasteiger partial charge in [-0.3, -0.25) is 20.2 Å². The number of Topliss-reactive ketones (excluding diaryl/α,β-unsaturated/α-hetero) is 1. The predicted octanol–water partition coefficient (Wildman–Crippen LogP) is 3.79. The molecule has 0 amide bonds. The topological polar surface area (TPSA) is 57.3 Å². The van der Waals surface area contributed by atoms with Gasteiger partial charge in [-0.25, -0.2) is 0 Å². The number of hydrazine groups is 1. The van der Waals surface area contributed by atoms with Gasteiger partial charge in [-0.15, -0.1) is 0 Å². The lowest BCUT2D eigenvalue weighted by Gasteiger charge is -2.32. The summed E-state index contributed by atoms with van der Waals surface area (Å²) in [6.07, 6.45) is 5.47. The summed E-state index contributed by atoms with van der Waals surface area (Å²) in [6.45, 7) is 8.48. The van der Waals surface area contributed by atoms with Gasteiger partial charge in [-0.05, 0) is 39.3 Å². The average molecular weight is 348 g/mol. The van der Waals surface area contributed by atoms with Gasteiger partial charge in [0.05, 0.1) is 28.9 Å². The van der Waals surface area contributed by atoms with E-state index in [1.165, 1.54) is 5.56 Å². The third-order valence-corrected chi connectivity index (χ3v) is 4.40. The van der Waals surface area contributed by atoms with Crippen LogP contribution in [0.3, 0.4) is 0 Å². The Hall–Kier alpha value is -3.08. The number of rotatable bonds is 5. The van der Waals surface area contributed by atoms with Crippen LogP contribution in [0.5, 0.6) is 0 Å². The summed E-state index contributed by atoms with van der Waals surface area (Å²) in [4.78, 5) is 16.7. The first-order chi connectivity index (χ1) is 12.5. The molecule has 1 aliphatic rings. The van der Waals surface area contributed by atoms with Gasteiger partial charge in [0.2, 0.25) is 0 Å². The third-order valence-electron chi connectivity index (χ3n) is 4.40. The minimum Gasteiger partial charge on any atom is -0.352 e. The fraction of sp³-hybridized carbons (Fsp3) is 0.238. The quantitative estimate of drug-likeness (QED) is 0.861. The van der Waals surface area contributed by atoms with Crippen LogP contribution in [0.25, 0.3) is 5.70 Å². The smallest absolute Gasteiger partial charge is 0.164 e. The number of ketones is 1. The van der Waals surface area contributed by atoms with Crippen molar-refractivity contribution >= 4 is 17.2 Å². The van der Waals surface area contributed by atoms with Crippen LogP contribution in [-0.2, 0) is 4.79 Å². The molecule has 3 rings (SSSR count). The van der Waals surface area contributed by atoms with Gasteiger partial charge in [-0.1, -0.05) is 29.8 Å². The first-order valence-corrected chi connectivity index (χ1v) is 8.75. The molecular formula is C21H24N4O. The fourth-order valence-corrected chi connectivity index (χ4v) is 2.89. The van der Waals surface area contributed by atoms with Crippen LogP contribution in [0, 0.1) is 13.8 Å². The van der Waals surface area contributed by atoms with Crippen LogP contribution in [0.1, 0.15) is 30.5 Å². The second kappa shape index (κ2) is 7.44. The van der Waals surface area contributed by atoms with Crippen molar-refractivity contribution in [3.05, 3.63) is 76.9 Å². The number of aryl methyl sites for hydroxylation is 2. The molecule has 26 heavy (non-hydrogen) atoms. The number of allylic oxidation sites excluding steroid dienone is 1. The van der Waals surface area contributed by atoms with Crippen molar-refractivity contribution in [2.24, 2.45) is 0 Å². The number of pyridine rings is 1. The Morgan fingerprint density at radius 1 is 1.19 bits per heavy atom. The van der Waals surface area contributed by atoms with E-state index in [0.29, 0.717) is 5.57 Å². The molecule has 1 aliphatic heterocycles. The average Bonchev–Trinajstić information content (AvgIpc) is 2.63. The molecule has 5 nitrogen and oxygen atoms in total. The van der Waals surface area contributed by atoms with E-state index in [1.807, 2.05) is 36.3 Å². The van der Waals surface area contributed by atoms with Crippen molar-refractivity contribution < 1.29 is 4.79 Å². The van der Waals surface area contributed by atoms with Gasteiger partial charge in [0.15, 0.2) is 5.78 Å². The molecule has 5 heteroatoms. The molecule has 2 aromatic rings. The number of nitrogens with one attached hydrogen (secondary N) is 2. The van der Waals surface area contributed by atoms with Crippen LogP contribution >= 0.6 is 0 Å². The number of carbonyl (C=O) groups is 1. The van der Waals surface area contributed by atoms with Gasteiger partial charge >= 0.3 is 0 Å². The van der Waals surface area contributed by atoms with Gasteiger partial charge in [0, 0.05) is 24.5 Å². The molecule has 1 aromatic heterocycles. The van der Waals surface area contributed by atoms with Crippen molar-refractivity contribution in [2.45, 2.75) is 27.7 Å². The van der Waals surface area contributed by atoms with Gasteiger partial charge < -0.3 is 5.32 Å². The van der Waals surface area contributed by atoms with Gasteiger partial charge in [0.1, 0.15) is 0 Å². The van der Waals surface area contributed by atoms with Crippen molar-refractivity contribution in [3.63, 3.8) is 0 Å². The Kier molecular flexibility index (Phi) is 5.07. The van der Waals surface area contributed by atoms with E-state index >= 15 is 0 Å². The lowest BCUT2D eigenvalue weighted by atomic mass is 9.99. The molecule has 0 unspecified atom stereocenters. The molecule has 2 N–H and O–H groups in total. The van der Waals surface area contributed by atoms with Crippen LogP contribution in [0.2, 0.25) is 0 Å². The van der Waals surface area contributed by atoms with E-state index in [2.05, 4.69) is 41.7 Å². The second-order valence-electron chi connectivity index (χ2n) is 6.43. The molecule has 2 heterocycles. The summed E-state index contributed by atoms with van der Waals surface area (Å²) >= 11 is 0. The molecule has 0 fully saturated rings. The maximum Gasteiger partial charge on any atom is 0.164 e. The Morgan fingerprint density at radius 2 is 1.92 bits per heavy atom. The van der Waals surface area contributed by atoms with E-state index in [0.717, 1.165) is 34.8 Å². The van der Waals surface area contributed by atoms with Crippen molar-refractivity contribution in [1.29, 1.82) is 0 Å². The van der Waals surface area contributed by atoms with Crippen LogP contribution in [0.4, 0.5) is 5.69 Å². The number of aromatic nitrogens is 1. The molecule has 134 valence electrons. The standard InChI is InChI=1S/C21H24N4O/c1-5-25-13-19(23-18-12-22-11-10-15(18)3)20(16(4)26)21(24-25)17-8-6-14(2)7-9-17/h6-13,23-24H,5H2,1-4H3. The molecule has 0 radical (unpaired) electrons. The molecule has 0 aliphatic carbocycles. The number of nitrogens with zero attached hydrogens (tertiary/aromatic N) is 2. The Labute approximate surface area is 154 Å². The molecule has 0 saturated carbocycles. The molecule has 0 spiro atoms. The Bertz CT molecular complexity index is 881. The summed E-state index contributed by atoms with van der Waals surface area (Å²) in [7, 11) is 0. The van der Waals surface area contributed by atoms with Crippen LogP contribution in [0.15, 0.2) is 60.2 Å². The Morgan fingerprint density at radius 3 is 2.54 bits per heavy atom.